The van der Waals surface area contributed by atoms with Gasteiger partial charge in [-0.3, -0.25) is 0 Å². The van der Waals surface area contributed by atoms with Crippen molar-refractivity contribution in [2.24, 2.45) is 0 Å². The number of nitrogens with zero attached hydrogens (tertiary/aromatic N) is 3. The predicted molar refractivity (Wildman–Crippen MR) is 63.0 cm³/mol. The van der Waals surface area contributed by atoms with Crippen LogP contribution in [0.25, 0.3) is 0 Å². The van der Waals surface area contributed by atoms with Crippen molar-refractivity contribution in [3.63, 3.8) is 0 Å². The summed E-state index contributed by atoms with van der Waals surface area (Å²) in [6.45, 7) is 3.66. The Labute approximate surface area is 104 Å². The molecule has 2 heterocycles. The van der Waals surface area contributed by atoms with Crippen LogP contribution in [0.4, 0.5) is 5.82 Å². The number of esters is 1. The van der Waals surface area contributed by atoms with Gasteiger partial charge in [0, 0.05) is 0 Å². The van der Waals surface area contributed by atoms with Gasteiger partial charge in [0.05, 0.1) is 19.6 Å². The van der Waals surface area contributed by atoms with Crippen molar-refractivity contribution < 1.29 is 13.9 Å². The highest BCUT2D eigenvalue weighted by atomic mass is 16.5. The Morgan fingerprint density at radius 2 is 2.28 bits per heavy atom. The Bertz CT molecular complexity index is 573. The molecule has 0 saturated heterocycles. The first kappa shape index (κ1) is 12.2. The van der Waals surface area contributed by atoms with E-state index < -0.39 is 5.97 Å². The third kappa shape index (κ3) is 1.94. The minimum atomic E-state index is -0.568. The summed E-state index contributed by atoms with van der Waals surface area (Å²) >= 11 is 0. The van der Waals surface area contributed by atoms with E-state index in [0.717, 1.165) is 0 Å². The monoisotopic (exact) mass is 250 g/mol. The summed E-state index contributed by atoms with van der Waals surface area (Å²) in [6, 6.07) is -0.246. The van der Waals surface area contributed by atoms with Gasteiger partial charge in [-0.15, -0.1) is 0 Å². The summed E-state index contributed by atoms with van der Waals surface area (Å²) in [5.74, 6) is 0.879. The van der Waals surface area contributed by atoms with Crippen molar-refractivity contribution in [2.45, 2.75) is 19.9 Å². The van der Waals surface area contributed by atoms with Gasteiger partial charge in [-0.1, -0.05) is 0 Å². The molecular formula is C11H14N4O3. The van der Waals surface area contributed by atoms with E-state index in [1.807, 2.05) is 6.92 Å². The molecule has 18 heavy (non-hydrogen) atoms. The van der Waals surface area contributed by atoms with Crippen molar-refractivity contribution in [3.8, 4) is 0 Å². The number of hydrogen-bond donors (Lipinski definition) is 1. The second-order valence-electron chi connectivity index (χ2n) is 3.86. The molecule has 2 N–H and O–H groups in total. The Kier molecular flexibility index (Phi) is 3.05. The first-order chi connectivity index (χ1) is 8.54. The average molecular weight is 250 g/mol. The molecule has 0 aliphatic rings. The number of oxazole rings is 1. The van der Waals surface area contributed by atoms with E-state index in [9.17, 15) is 4.79 Å². The average Bonchev–Trinajstić information content (AvgIpc) is 2.94. The highest BCUT2D eigenvalue weighted by Gasteiger charge is 2.21. The van der Waals surface area contributed by atoms with Crippen LogP contribution < -0.4 is 5.73 Å². The number of methoxy groups -OCH3 is 1. The van der Waals surface area contributed by atoms with Gasteiger partial charge in [-0.2, -0.15) is 0 Å². The zero-order valence-corrected chi connectivity index (χ0v) is 10.4. The lowest BCUT2D eigenvalue weighted by molar-refractivity contribution is 0.0596. The summed E-state index contributed by atoms with van der Waals surface area (Å²) < 4.78 is 11.6. The number of nitrogens with two attached hydrogens (primary N) is 1. The van der Waals surface area contributed by atoms with Crippen LogP contribution in [0.1, 0.15) is 35.1 Å². The molecule has 0 aromatic carbocycles. The molecule has 0 spiro atoms. The van der Waals surface area contributed by atoms with Gasteiger partial charge in [0.25, 0.3) is 0 Å². The van der Waals surface area contributed by atoms with Gasteiger partial charge in [0.15, 0.2) is 5.69 Å². The molecule has 0 bridgehead atoms. The number of rotatable bonds is 3. The number of carbonyl (C=O) groups is 1. The number of nitrogen functional groups attached to an aromatic ring is 1. The largest absolute Gasteiger partial charge is 0.464 e. The zero-order chi connectivity index (χ0) is 13.3. The van der Waals surface area contributed by atoms with Crippen molar-refractivity contribution in [2.75, 3.05) is 12.8 Å². The molecule has 0 saturated carbocycles. The van der Waals surface area contributed by atoms with Crippen LogP contribution in [-0.4, -0.2) is 27.6 Å². The van der Waals surface area contributed by atoms with Gasteiger partial charge in [0.2, 0.25) is 5.89 Å². The van der Waals surface area contributed by atoms with Crippen LogP contribution in [0.2, 0.25) is 0 Å². The van der Waals surface area contributed by atoms with Crippen LogP contribution in [0.5, 0.6) is 0 Å². The maximum absolute atomic E-state index is 11.4. The van der Waals surface area contributed by atoms with Crippen molar-refractivity contribution in [1.29, 1.82) is 0 Å². The maximum atomic E-state index is 11.4. The fraction of sp³-hybridized carbons (Fsp3) is 0.364. The Hall–Kier alpha value is -2.31. The summed E-state index contributed by atoms with van der Waals surface area (Å²) in [5, 5.41) is 0. The molecule has 2 aromatic rings. The second-order valence-corrected chi connectivity index (χ2v) is 3.86. The number of aryl methyl sites for hydroxylation is 1. The summed E-state index contributed by atoms with van der Waals surface area (Å²) in [7, 11) is 1.28. The molecule has 2 rings (SSSR count). The quantitative estimate of drug-likeness (QED) is 0.821. The normalized spacial score (nSPS) is 12.4. The van der Waals surface area contributed by atoms with Crippen LogP contribution in [0.15, 0.2) is 16.9 Å². The molecule has 1 atom stereocenters. The predicted octanol–water partition coefficient (Wildman–Crippen LogP) is 1.16. The number of aromatic nitrogens is 3. The van der Waals surface area contributed by atoms with Gasteiger partial charge in [-0.25, -0.2) is 14.8 Å². The molecular weight excluding hydrogens is 236 g/mol. The molecule has 7 heteroatoms. The number of hydrogen-bond acceptors (Lipinski definition) is 6. The molecule has 2 aromatic heterocycles. The summed E-state index contributed by atoms with van der Waals surface area (Å²) in [6.07, 6.45) is 3.09. The molecule has 0 amide bonds. The molecule has 0 radical (unpaired) electrons. The SMILES string of the molecule is COC(=O)c1ncn(C(C)c2ncc(C)o2)c1N. The zero-order valence-electron chi connectivity index (χ0n) is 10.4. The van der Waals surface area contributed by atoms with E-state index in [1.165, 1.54) is 13.4 Å². The van der Waals surface area contributed by atoms with Gasteiger partial charge < -0.3 is 19.5 Å². The highest BCUT2D eigenvalue weighted by Crippen LogP contribution is 2.22. The number of ether oxygens (including phenoxy) is 1. The van der Waals surface area contributed by atoms with Gasteiger partial charge in [0.1, 0.15) is 17.6 Å². The summed E-state index contributed by atoms with van der Waals surface area (Å²) in [4.78, 5) is 19.4. The Morgan fingerprint density at radius 3 is 2.83 bits per heavy atom. The number of imidazole rings is 1. The van der Waals surface area contributed by atoms with Gasteiger partial charge in [-0.05, 0) is 13.8 Å². The lowest BCUT2D eigenvalue weighted by Crippen LogP contribution is -2.12. The van der Waals surface area contributed by atoms with Gasteiger partial charge >= 0.3 is 5.97 Å². The van der Waals surface area contributed by atoms with Crippen molar-refractivity contribution >= 4 is 11.8 Å². The smallest absolute Gasteiger partial charge is 0.360 e. The van der Waals surface area contributed by atoms with E-state index in [4.69, 9.17) is 10.2 Å². The van der Waals surface area contributed by atoms with E-state index in [-0.39, 0.29) is 17.6 Å². The van der Waals surface area contributed by atoms with Crippen LogP contribution in [-0.2, 0) is 4.74 Å². The fourth-order valence-electron chi connectivity index (χ4n) is 1.62. The van der Waals surface area contributed by atoms with E-state index >= 15 is 0 Å². The van der Waals surface area contributed by atoms with E-state index in [1.54, 1.807) is 17.7 Å². The second kappa shape index (κ2) is 4.52. The molecule has 96 valence electrons. The van der Waals surface area contributed by atoms with Crippen molar-refractivity contribution in [1.82, 2.24) is 14.5 Å². The molecule has 0 aliphatic carbocycles. The maximum Gasteiger partial charge on any atom is 0.360 e. The lowest BCUT2D eigenvalue weighted by Gasteiger charge is -2.11. The number of anilines is 1. The molecule has 1 unspecified atom stereocenters. The topological polar surface area (TPSA) is 96.2 Å². The summed E-state index contributed by atoms with van der Waals surface area (Å²) in [5.41, 5.74) is 5.95. The van der Waals surface area contributed by atoms with E-state index in [2.05, 4.69) is 14.7 Å². The van der Waals surface area contributed by atoms with Crippen LogP contribution in [0, 0.1) is 6.92 Å². The Balaban J connectivity index is 2.34. The third-order valence-corrected chi connectivity index (χ3v) is 2.62. The van der Waals surface area contributed by atoms with E-state index in [0.29, 0.717) is 11.7 Å². The standard InChI is InChI=1S/C11H14N4O3/c1-6-4-13-10(18-6)7(2)15-5-14-8(9(15)12)11(16)17-3/h4-5,7H,12H2,1-3H3. The first-order valence-corrected chi connectivity index (χ1v) is 5.37. The third-order valence-electron chi connectivity index (χ3n) is 2.62. The van der Waals surface area contributed by atoms with Crippen LogP contribution >= 0.6 is 0 Å². The van der Waals surface area contributed by atoms with Crippen molar-refractivity contribution in [3.05, 3.63) is 29.9 Å². The highest BCUT2D eigenvalue weighted by molar-refractivity contribution is 5.92. The minimum absolute atomic E-state index is 0.0904. The lowest BCUT2D eigenvalue weighted by atomic mass is 10.3. The Morgan fingerprint density at radius 1 is 1.56 bits per heavy atom. The van der Waals surface area contributed by atoms with Crippen LogP contribution in [0.3, 0.4) is 0 Å². The fourth-order valence-corrected chi connectivity index (χ4v) is 1.62. The number of carbonyl (C=O) groups excluding carboxylic acids is 1. The first-order valence-electron chi connectivity index (χ1n) is 5.37. The minimum Gasteiger partial charge on any atom is -0.464 e. The molecule has 0 fully saturated rings. The molecule has 0 aliphatic heterocycles. The molecule has 7 nitrogen and oxygen atoms in total.